The molecule has 168 valence electrons. The number of benzene rings is 1. The molecule has 0 fully saturated rings. The Hall–Kier alpha value is -1.21. The van der Waals surface area contributed by atoms with Crippen molar-refractivity contribution in [2.24, 2.45) is 4.99 Å². The number of nitrogens with one attached hydrogen (secondary N) is 3. The summed E-state index contributed by atoms with van der Waals surface area (Å²) in [6.07, 6.45) is 0. The van der Waals surface area contributed by atoms with Gasteiger partial charge in [0, 0.05) is 44.1 Å². The second-order valence-corrected chi connectivity index (χ2v) is 9.89. The van der Waals surface area contributed by atoms with Gasteiger partial charge in [-0.2, -0.15) is 0 Å². The smallest absolute Gasteiger partial charge is 0.240 e. The number of rotatable bonds is 10. The Morgan fingerprint density at radius 2 is 1.87 bits per heavy atom. The number of methoxy groups -OCH3 is 1. The fraction of sp³-hybridized carbons (Fsp3) is 0.450. The van der Waals surface area contributed by atoms with Crippen LogP contribution < -0.4 is 15.4 Å². The molecule has 3 N–H and O–H groups in total. The lowest BCUT2D eigenvalue weighted by molar-refractivity contribution is 0.204. The van der Waals surface area contributed by atoms with Gasteiger partial charge in [0.25, 0.3) is 0 Å². The van der Waals surface area contributed by atoms with Crippen molar-refractivity contribution in [1.82, 2.24) is 15.4 Å². The van der Waals surface area contributed by atoms with Gasteiger partial charge in [-0.3, -0.25) is 4.99 Å². The largest absolute Gasteiger partial charge is 0.383 e. The summed E-state index contributed by atoms with van der Waals surface area (Å²) in [6, 6.07) is 11.0. The van der Waals surface area contributed by atoms with Crippen LogP contribution >= 0.6 is 35.3 Å². The normalized spacial score (nSPS) is 12.3. The third-order valence-corrected chi connectivity index (χ3v) is 7.11. The van der Waals surface area contributed by atoms with E-state index in [9.17, 15) is 8.42 Å². The van der Waals surface area contributed by atoms with Crippen LogP contribution in [0.25, 0.3) is 0 Å². The van der Waals surface area contributed by atoms with Crippen LogP contribution in [0.2, 0.25) is 0 Å². The Kier molecular flexibility index (Phi) is 11.3. The van der Waals surface area contributed by atoms with Crippen LogP contribution in [0, 0.1) is 0 Å². The van der Waals surface area contributed by atoms with Crippen molar-refractivity contribution in [3.8, 4) is 0 Å². The van der Waals surface area contributed by atoms with E-state index in [1.165, 1.54) is 12.0 Å². The standard InChI is InChI=1S/C20H30N4O3S2.HI/c1-20(2,18-6-5-13-28-18)15-23-19(21-3)22-14-16-7-9-17(10-8-16)29(25,26)24-11-12-27-4;/h5-10,13,24H,11-12,14-15H2,1-4H3,(H2,21,22,23);1H. The number of guanidine groups is 1. The predicted octanol–water partition coefficient (Wildman–Crippen LogP) is 2.93. The summed E-state index contributed by atoms with van der Waals surface area (Å²) in [5.74, 6) is 0.701. The number of hydrogen-bond acceptors (Lipinski definition) is 5. The lowest BCUT2D eigenvalue weighted by Gasteiger charge is -2.25. The molecular formula is C20H31IN4O3S2. The number of halogens is 1. The van der Waals surface area contributed by atoms with E-state index in [0.29, 0.717) is 19.1 Å². The maximum atomic E-state index is 12.2. The van der Waals surface area contributed by atoms with E-state index in [1.807, 2.05) is 0 Å². The SMILES string of the molecule is CN=C(NCc1ccc(S(=O)(=O)NCCOC)cc1)NCC(C)(C)c1cccs1.I. The minimum absolute atomic E-state index is 0. The third kappa shape index (κ3) is 8.14. The van der Waals surface area contributed by atoms with Crippen molar-refractivity contribution in [3.05, 3.63) is 52.2 Å². The van der Waals surface area contributed by atoms with E-state index in [0.717, 1.165) is 12.1 Å². The highest BCUT2D eigenvalue weighted by molar-refractivity contribution is 14.0. The first-order valence-electron chi connectivity index (χ1n) is 9.34. The highest BCUT2D eigenvalue weighted by Crippen LogP contribution is 2.26. The summed E-state index contributed by atoms with van der Waals surface area (Å²) in [5.41, 5.74) is 0.957. The molecule has 0 spiro atoms. The highest BCUT2D eigenvalue weighted by Gasteiger charge is 2.22. The van der Waals surface area contributed by atoms with E-state index in [4.69, 9.17) is 4.74 Å². The monoisotopic (exact) mass is 566 g/mol. The van der Waals surface area contributed by atoms with E-state index < -0.39 is 10.0 Å². The van der Waals surface area contributed by atoms with Crippen molar-refractivity contribution < 1.29 is 13.2 Å². The molecule has 0 aliphatic rings. The van der Waals surface area contributed by atoms with Crippen LogP contribution in [0.4, 0.5) is 0 Å². The predicted molar refractivity (Wildman–Crippen MR) is 134 cm³/mol. The van der Waals surface area contributed by atoms with Gasteiger partial charge < -0.3 is 15.4 Å². The van der Waals surface area contributed by atoms with E-state index in [2.05, 4.69) is 51.7 Å². The zero-order valence-electron chi connectivity index (χ0n) is 17.8. The Morgan fingerprint density at radius 3 is 2.43 bits per heavy atom. The van der Waals surface area contributed by atoms with Crippen molar-refractivity contribution in [3.63, 3.8) is 0 Å². The molecule has 0 radical (unpaired) electrons. The summed E-state index contributed by atoms with van der Waals surface area (Å²) >= 11 is 1.75. The Balaban J connectivity index is 0.00000450. The van der Waals surface area contributed by atoms with Gasteiger partial charge in [0.15, 0.2) is 5.96 Å². The van der Waals surface area contributed by atoms with Crippen molar-refractivity contribution in [1.29, 1.82) is 0 Å². The first kappa shape index (κ1) is 26.8. The fourth-order valence-corrected chi connectivity index (χ4v) is 4.47. The number of thiophene rings is 1. The van der Waals surface area contributed by atoms with Crippen LogP contribution in [0.3, 0.4) is 0 Å². The number of sulfonamides is 1. The molecule has 30 heavy (non-hydrogen) atoms. The van der Waals surface area contributed by atoms with Crippen molar-refractivity contribution >= 4 is 51.3 Å². The molecule has 7 nitrogen and oxygen atoms in total. The Labute approximate surface area is 200 Å². The minimum atomic E-state index is -3.52. The molecule has 0 aliphatic heterocycles. The fourth-order valence-electron chi connectivity index (χ4n) is 2.61. The van der Waals surface area contributed by atoms with E-state index in [-0.39, 0.29) is 40.8 Å². The molecule has 2 rings (SSSR count). The van der Waals surface area contributed by atoms with Gasteiger partial charge in [0.1, 0.15) is 0 Å². The molecule has 0 amide bonds. The van der Waals surface area contributed by atoms with E-state index >= 15 is 0 Å². The molecule has 1 aromatic carbocycles. The topological polar surface area (TPSA) is 91.8 Å². The quantitative estimate of drug-likeness (QED) is 0.178. The summed E-state index contributed by atoms with van der Waals surface area (Å²) in [5, 5.41) is 8.71. The molecule has 2 aromatic rings. The van der Waals surface area contributed by atoms with Gasteiger partial charge in [-0.05, 0) is 29.1 Å². The molecule has 0 saturated heterocycles. The lowest BCUT2D eigenvalue weighted by Crippen LogP contribution is -2.42. The molecular weight excluding hydrogens is 535 g/mol. The van der Waals surface area contributed by atoms with Gasteiger partial charge in [-0.1, -0.05) is 32.0 Å². The van der Waals surface area contributed by atoms with Crippen molar-refractivity contribution in [2.45, 2.75) is 30.7 Å². The van der Waals surface area contributed by atoms with Gasteiger partial charge in [-0.15, -0.1) is 35.3 Å². The van der Waals surface area contributed by atoms with Crippen LogP contribution in [0.5, 0.6) is 0 Å². The second-order valence-electron chi connectivity index (χ2n) is 7.18. The van der Waals surface area contributed by atoms with Crippen molar-refractivity contribution in [2.75, 3.05) is 33.9 Å². The molecule has 0 aliphatic carbocycles. The number of hydrogen-bond donors (Lipinski definition) is 3. The average Bonchev–Trinajstić information content (AvgIpc) is 3.24. The van der Waals surface area contributed by atoms with Gasteiger partial charge >= 0.3 is 0 Å². The number of ether oxygens (including phenoxy) is 1. The van der Waals surface area contributed by atoms with Crippen LogP contribution in [0.15, 0.2) is 51.7 Å². The maximum Gasteiger partial charge on any atom is 0.240 e. The molecule has 0 atom stereocenters. The average molecular weight is 567 g/mol. The minimum Gasteiger partial charge on any atom is -0.383 e. The second kappa shape index (κ2) is 12.6. The summed E-state index contributed by atoms with van der Waals surface area (Å²) in [6.45, 7) is 6.24. The summed E-state index contributed by atoms with van der Waals surface area (Å²) in [7, 11) is -0.257. The Bertz CT molecular complexity index is 883. The maximum absolute atomic E-state index is 12.2. The highest BCUT2D eigenvalue weighted by atomic mass is 127. The van der Waals surface area contributed by atoms with Gasteiger partial charge in [0.2, 0.25) is 10.0 Å². The third-order valence-electron chi connectivity index (χ3n) is 4.40. The lowest BCUT2D eigenvalue weighted by atomic mass is 9.91. The molecule has 0 unspecified atom stereocenters. The van der Waals surface area contributed by atoms with Crippen LogP contribution in [0.1, 0.15) is 24.3 Å². The molecule has 10 heteroatoms. The number of nitrogens with zero attached hydrogens (tertiary/aromatic N) is 1. The first-order valence-corrected chi connectivity index (χ1v) is 11.7. The molecule has 1 aromatic heterocycles. The molecule has 1 heterocycles. The van der Waals surface area contributed by atoms with Crippen LogP contribution in [-0.2, 0) is 26.7 Å². The van der Waals surface area contributed by atoms with Crippen LogP contribution in [-0.4, -0.2) is 48.2 Å². The van der Waals surface area contributed by atoms with E-state index in [1.54, 1.807) is 42.6 Å². The zero-order valence-corrected chi connectivity index (χ0v) is 21.7. The Morgan fingerprint density at radius 1 is 1.17 bits per heavy atom. The molecule has 0 saturated carbocycles. The first-order chi connectivity index (χ1) is 13.8. The zero-order chi connectivity index (χ0) is 21.3. The summed E-state index contributed by atoms with van der Waals surface area (Å²) < 4.78 is 31.8. The summed E-state index contributed by atoms with van der Waals surface area (Å²) in [4.78, 5) is 5.82. The number of aliphatic imine (C=N–C) groups is 1. The molecule has 0 bridgehead atoms. The van der Waals surface area contributed by atoms with Gasteiger partial charge in [-0.25, -0.2) is 13.1 Å². The van der Waals surface area contributed by atoms with Gasteiger partial charge in [0.05, 0.1) is 11.5 Å².